The third-order valence-electron chi connectivity index (χ3n) is 5.49. The molecule has 3 nitrogen and oxygen atoms in total. The molecule has 0 bridgehead atoms. The van der Waals surface area contributed by atoms with E-state index in [-0.39, 0.29) is 17.3 Å². The summed E-state index contributed by atoms with van der Waals surface area (Å²) in [6.45, 7) is 8.28. The molecule has 1 aliphatic carbocycles. The Morgan fingerprint density at radius 3 is 2.67 bits per heavy atom. The van der Waals surface area contributed by atoms with Gasteiger partial charge in [0, 0.05) is 19.1 Å². The van der Waals surface area contributed by atoms with Gasteiger partial charge in [0.2, 0.25) is 0 Å². The van der Waals surface area contributed by atoms with E-state index >= 15 is 0 Å². The summed E-state index contributed by atoms with van der Waals surface area (Å²) in [4.78, 5) is 13.8. The fourth-order valence-corrected chi connectivity index (χ4v) is 4.15. The van der Waals surface area contributed by atoms with Gasteiger partial charge < -0.3 is 5.11 Å². The van der Waals surface area contributed by atoms with Crippen molar-refractivity contribution in [2.24, 2.45) is 11.8 Å². The molecule has 3 heteroatoms. The third kappa shape index (κ3) is 2.48. The highest BCUT2D eigenvalue weighted by Crippen LogP contribution is 2.45. The lowest BCUT2D eigenvalue weighted by molar-refractivity contribution is -0.142. The van der Waals surface area contributed by atoms with Crippen molar-refractivity contribution in [2.45, 2.75) is 45.1 Å². The van der Waals surface area contributed by atoms with E-state index in [2.05, 4.69) is 49.9 Å². The molecular formula is C18H25NO2. The Kier molecular flexibility index (Phi) is 3.56. The maximum atomic E-state index is 11.4. The van der Waals surface area contributed by atoms with Gasteiger partial charge in [-0.25, -0.2) is 0 Å². The van der Waals surface area contributed by atoms with E-state index in [0.29, 0.717) is 12.6 Å². The highest BCUT2D eigenvalue weighted by molar-refractivity contribution is 5.71. The van der Waals surface area contributed by atoms with Crippen LogP contribution in [0.3, 0.4) is 0 Å². The lowest BCUT2D eigenvalue weighted by atomic mass is 9.70. The van der Waals surface area contributed by atoms with E-state index in [9.17, 15) is 9.90 Å². The van der Waals surface area contributed by atoms with Crippen molar-refractivity contribution >= 4 is 5.97 Å². The SMILES string of the molecule is C[C@@H]1CN(C2CCC(C)(C)c3ccccc32)C[C@H]1C(=O)O. The van der Waals surface area contributed by atoms with E-state index in [1.807, 2.05) is 0 Å². The lowest BCUT2D eigenvalue weighted by Gasteiger charge is -2.40. The van der Waals surface area contributed by atoms with Crippen LogP contribution in [0, 0.1) is 11.8 Å². The third-order valence-corrected chi connectivity index (χ3v) is 5.49. The number of benzene rings is 1. The van der Waals surface area contributed by atoms with Gasteiger partial charge >= 0.3 is 5.97 Å². The fourth-order valence-electron chi connectivity index (χ4n) is 4.15. The summed E-state index contributed by atoms with van der Waals surface area (Å²) in [6.07, 6.45) is 2.29. The molecule has 21 heavy (non-hydrogen) atoms. The van der Waals surface area contributed by atoms with Crippen molar-refractivity contribution in [1.29, 1.82) is 0 Å². The largest absolute Gasteiger partial charge is 0.481 e. The van der Waals surface area contributed by atoms with Gasteiger partial charge in [-0.3, -0.25) is 9.69 Å². The number of carboxylic acids is 1. The number of hydrogen-bond acceptors (Lipinski definition) is 2. The molecule has 0 saturated carbocycles. The molecule has 1 aliphatic heterocycles. The second kappa shape index (κ2) is 5.13. The zero-order chi connectivity index (χ0) is 15.2. The van der Waals surface area contributed by atoms with Gasteiger partial charge in [0.1, 0.15) is 0 Å². The molecule has 1 heterocycles. The first kappa shape index (κ1) is 14.6. The van der Waals surface area contributed by atoms with Crippen LogP contribution in [0.25, 0.3) is 0 Å². The first-order valence-electron chi connectivity index (χ1n) is 7.96. The van der Waals surface area contributed by atoms with Gasteiger partial charge in [0.15, 0.2) is 0 Å². The van der Waals surface area contributed by atoms with Gasteiger partial charge in [-0.05, 0) is 35.3 Å². The Hall–Kier alpha value is -1.35. The molecule has 1 aromatic rings. The molecule has 0 radical (unpaired) electrons. The summed E-state index contributed by atoms with van der Waals surface area (Å²) in [5.74, 6) is -0.619. The second-order valence-electron chi connectivity index (χ2n) is 7.40. The van der Waals surface area contributed by atoms with E-state index in [4.69, 9.17) is 0 Å². The molecule has 3 rings (SSSR count). The predicted molar refractivity (Wildman–Crippen MR) is 83.3 cm³/mol. The van der Waals surface area contributed by atoms with Crippen LogP contribution in [0.4, 0.5) is 0 Å². The van der Waals surface area contributed by atoms with Gasteiger partial charge in [0.05, 0.1) is 5.92 Å². The minimum absolute atomic E-state index is 0.216. The lowest BCUT2D eigenvalue weighted by Crippen LogP contribution is -2.35. The first-order chi connectivity index (χ1) is 9.90. The summed E-state index contributed by atoms with van der Waals surface area (Å²) >= 11 is 0. The van der Waals surface area contributed by atoms with E-state index in [1.54, 1.807) is 0 Å². The molecular weight excluding hydrogens is 262 g/mol. The fraction of sp³-hybridized carbons (Fsp3) is 0.611. The van der Waals surface area contributed by atoms with E-state index < -0.39 is 5.97 Å². The summed E-state index contributed by atoms with van der Waals surface area (Å²) in [5.41, 5.74) is 3.07. The van der Waals surface area contributed by atoms with E-state index in [0.717, 1.165) is 19.4 Å². The topological polar surface area (TPSA) is 40.5 Å². The molecule has 1 N–H and O–H groups in total. The van der Waals surface area contributed by atoms with Crippen molar-refractivity contribution < 1.29 is 9.90 Å². The average Bonchev–Trinajstić information content (AvgIpc) is 2.81. The van der Waals surface area contributed by atoms with Crippen LogP contribution in [0.1, 0.15) is 50.8 Å². The minimum Gasteiger partial charge on any atom is -0.481 e. The number of carboxylic acid groups (broad SMARTS) is 1. The number of fused-ring (bicyclic) bond motifs is 1. The van der Waals surface area contributed by atoms with Crippen molar-refractivity contribution in [3.05, 3.63) is 35.4 Å². The zero-order valence-electron chi connectivity index (χ0n) is 13.2. The van der Waals surface area contributed by atoms with Crippen molar-refractivity contribution in [3.63, 3.8) is 0 Å². The minimum atomic E-state index is -0.644. The molecule has 2 aliphatic rings. The van der Waals surface area contributed by atoms with Crippen LogP contribution in [-0.4, -0.2) is 29.1 Å². The summed E-state index contributed by atoms with van der Waals surface area (Å²) in [5, 5.41) is 9.35. The molecule has 1 aromatic carbocycles. The Morgan fingerprint density at radius 2 is 2.00 bits per heavy atom. The normalized spacial score (nSPS) is 31.9. The van der Waals surface area contributed by atoms with Crippen molar-refractivity contribution in [2.75, 3.05) is 13.1 Å². The highest BCUT2D eigenvalue weighted by Gasteiger charge is 2.41. The molecule has 114 valence electrons. The molecule has 0 aromatic heterocycles. The number of carbonyl (C=O) groups is 1. The standard InChI is InChI=1S/C18H25NO2/c1-12-10-19(11-14(12)17(20)21)16-8-9-18(2,3)15-7-5-4-6-13(15)16/h4-7,12,14,16H,8-11H2,1-3H3,(H,20,21)/t12-,14-,16?/m1/s1. The second-order valence-corrected chi connectivity index (χ2v) is 7.40. The van der Waals surface area contributed by atoms with Gasteiger partial charge in [0.25, 0.3) is 0 Å². The monoisotopic (exact) mass is 287 g/mol. The molecule has 1 saturated heterocycles. The van der Waals surface area contributed by atoms with Crippen LogP contribution in [0.5, 0.6) is 0 Å². The quantitative estimate of drug-likeness (QED) is 0.905. The number of likely N-dealkylation sites (tertiary alicyclic amines) is 1. The Labute approximate surface area is 127 Å². The van der Waals surface area contributed by atoms with Crippen molar-refractivity contribution in [1.82, 2.24) is 4.90 Å². The summed E-state index contributed by atoms with van der Waals surface area (Å²) < 4.78 is 0. The molecule has 0 amide bonds. The Balaban J connectivity index is 1.90. The average molecular weight is 287 g/mol. The number of hydrogen-bond donors (Lipinski definition) is 1. The smallest absolute Gasteiger partial charge is 0.308 e. The van der Waals surface area contributed by atoms with Crippen LogP contribution >= 0.6 is 0 Å². The van der Waals surface area contributed by atoms with Gasteiger partial charge in [-0.2, -0.15) is 0 Å². The highest BCUT2D eigenvalue weighted by atomic mass is 16.4. The number of aliphatic carboxylic acids is 1. The Bertz CT molecular complexity index is 552. The van der Waals surface area contributed by atoms with Gasteiger partial charge in [-0.1, -0.05) is 45.0 Å². The Morgan fingerprint density at radius 1 is 1.29 bits per heavy atom. The van der Waals surface area contributed by atoms with Crippen molar-refractivity contribution in [3.8, 4) is 0 Å². The number of nitrogens with zero attached hydrogens (tertiary/aromatic N) is 1. The zero-order valence-corrected chi connectivity index (χ0v) is 13.2. The predicted octanol–water partition coefficient (Wildman–Crippen LogP) is 3.45. The molecule has 1 fully saturated rings. The molecule has 0 spiro atoms. The maximum absolute atomic E-state index is 11.4. The summed E-state index contributed by atoms with van der Waals surface area (Å²) in [6, 6.07) is 9.10. The summed E-state index contributed by atoms with van der Waals surface area (Å²) in [7, 11) is 0. The van der Waals surface area contributed by atoms with Crippen LogP contribution in [0.2, 0.25) is 0 Å². The molecule has 3 atom stereocenters. The van der Waals surface area contributed by atoms with Crippen LogP contribution < -0.4 is 0 Å². The maximum Gasteiger partial charge on any atom is 0.308 e. The first-order valence-corrected chi connectivity index (χ1v) is 7.96. The molecule has 1 unspecified atom stereocenters. The van der Waals surface area contributed by atoms with Crippen LogP contribution in [-0.2, 0) is 10.2 Å². The van der Waals surface area contributed by atoms with Crippen LogP contribution in [0.15, 0.2) is 24.3 Å². The van der Waals surface area contributed by atoms with E-state index in [1.165, 1.54) is 11.1 Å². The number of rotatable bonds is 2. The van der Waals surface area contributed by atoms with Gasteiger partial charge in [-0.15, -0.1) is 0 Å².